The van der Waals surface area contributed by atoms with Crippen molar-refractivity contribution in [3.8, 4) is 0 Å². The zero-order chi connectivity index (χ0) is 12.3. The molecule has 1 amide bonds. The van der Waals surface area contributed by atoms with Crippen molar-refractivity contribution < 1.29 is 14.7 Å². The van der Waals surface area contributed by atoms with Gasteiger partial charge >= 0.3 is 5.97 Å². The van der Waals surface area contributed by atoms with Crippen LogP contribution in [0.4, 0.5) is 0 Å². The van der Waals surface area contributed by atoms with Gasteiger partial charge < -0.3 is 10.4 Å². The van der Waals surface area contributed by atoms with Crippen molar-refractivity contribution in [3.05, 3.63) is 0 Å². The van der Waals surface area contributed by atoms with Crippen molar-refractivity contribution in [2.45, 2.75) is 38.1 Å². The molecule has 0 aromatic carbocycles. The first-order valence-corrected chi connectivity index (χ1v) is 6.37. The molecule has 2 saturated carbocycles. The summed E-state index contributed by atoms with van der Waals surface area (Å²) in [5.74, 6) is -0.104. The highest BCUT2D eigenvalue weighted by Crippen LogP contribution is 2.29. The zero-order valence-electron chi connectivity index (χ0n) is 10.0. The summed E-state index contributed by atoms with van der Waals surface area (Å²) in [5.41, 5.74) is 0. The van der Waals surface area contributed by atoms with Crippen LogP contribution < -0.4 is 5.32 Å². The van der Waals surface area contributed by atoms with Gasteiger partial charge in [0.2, 0.25) is 5.91 Å². The minimum Gasteiger partial charge on any atom is -0.480 e. The standard InChI is InChI=1S/C12H20N2O3/c15-11(13-10-3-4-10)5-6-14(8-12(16)17)7-9-1-2-9/h9-10H,1-8H2,(H,13,15)(H,16,17). The van der Waals surface area contributed by atoms with Crippen LogP contribution in [0.2, 0.25) is 0 Å². The third kappa shape index (κ3) is 5.17. The number of carbonyl (C=O) groups excluding carboxylic acids is 1. The van der Waals surface area contributed by atoms with Crippen LogP contribution in [0.1, 0.15) is 32.1 Å². The van der Waals surface area contributed by atoms with Gasteiger partial charge in [-0.2, -0.15) is 0 Å². The van der Waals surface area contributed by atoms with Crippen molar-refractivity contribution >= 4 is 11.9 Å². The molecule has 0 aliphatic heterocycles. The maximum atomic E-state index is 11.5. The number of nitrogens with one attached hydrogen (secondary N) is 1. The Balaban J connectivity index is 1.66. The molecular weight excluding hydrogens is 220 g/mol. The normalized spacial score (nSPS) is 19.4. The number of carboxylic acids is 1. The molecule has 0 spiro atoms. The van der Waals surface area contributed by atoms with E-state index < -0.39 is 5.97 Å². The summed E-state index contributed by atoms with van der Waals surface area (Å²) in [6.07, 6.45) is 4.99. The molecule has 0 unspecified atom stereocenters. The second-order valence-corrected chi connectivity index (χ2v) is 5.16. The first-order valence-electron chi connectivity index (χ1n) is 6.37. The molecular formula is C12H20N2O3. The SMILES string of the molecule is O=C(O)CN(CCC(=O)NC1CC1)CC1CC1. The summed E-state index contributed by atoms with van der Waals surface area (Å²) in [6.45, 7) is 1.43. The average Bonchev–Trinajstić information content (AvgIpc) is 3.08. The maximum Gasteiger partial charge on any atom is 0.317 e. The van der Waals surface area contributed by atoms with E-state index in [1.54, 1.807) is 0 Å². The zero-order valence-corrected chi connectivity index (χ0v) is 10.0. The van der Waals surface area contributed by atoms with E-state index in [0.717, 1.165) is 19.4 Å². The van der Waals surface area contributed by atoms with Crippen LogP contribution in [-0.2, 0) is 9.59 Å². The Morgan fingerprint density at radius 3 is 2.47 bits per heavy atom. The molecule has 5 nitrogen and oxygen atoms in total. The number of amides is 1. The molecule has 0 atom stereocenters. The van der Waals surface area contributed by atoms with Crippen molar-refractivity contribution in [1.29, 1.82) is 0 Å². The van der Waals surface area contributed by atoms with E-state index >= 15 is 0 Å². The second-order valence-electron chi connectivity index (χ2n) is 5.16. The number of rotatable bonds is 8. The summed E-state index contributed by atoms with van der Waals surface area (Å²) in [6, 6.07) is 0.388. The molecule has 2 rings (SSSR count). The largest absolute Gasteiger partial charge is 0.480 e. The molecule has 0 aromatic heterocycles. The van der Waals surface area contributed by atoms with Gasteiger partial charge in [0, 0.05) is 25.6 Å². The lowest BCUT2D eigenvalue weighted by Crippen LogP contribution is -2.36. The van der Waals surface area contributed by atoms with Gasteiger partial charge in [-0.3, -0.25) is 14.5 Å². The summed E-state index contributed by atoms with van der Waals surface area (Å²) < 4.78 is 0. The van der Waals surface area contributed by atoms with Crippen LogP contribution in [0.3, 0.4) is 0 Å². The Morgan fingerprint density at radius 1 is 1.24 bits per heavy atom. The lowest BCUT2D eigenvalue weighted by molar-refractivity contribution is -0.138. The van der Waals surface area contributed by atoms with Gasteiger partial charge in [-0.05, 0) is 31.6 Å². The molecule has 2 aliphatic rings. The van der Waals surface area contributed by atoms with Crippen molar-refractivity contribution in [1.82, 2.24) is 10.2 Å². The van der Waals surface area contributed by atoms with Crippen molar-refractivity contribution in [2.24, 2.45) is 5.92 Å². The van der Waals surface area contributed by atoms with Gasteiger partial charge in [0.25, 0.3) is 0 Å². The number of hydrogen-bond donors (Lipinski definition) is 2. The number of aliphatic carboxylic acids is 1. The van der Waals surface area contributed by atoms with Gasteiger partial charge in [-0.25, -0.2) is 0 Å². The lowest BCUT2D eigenvalue weighted by atomic mass is 10.3. The van der Waals surface area contributed by atoms with Gasteiger partial charge in [0.15, 0.2) is 0 Å². The first-order chi connectivity index (χ1) is 8.13. The number of nitrogens with zero attached hydrogens (tertiary/aromatic N) is 1. The van der Waals surface area contributed by atoms with Crippen LogP contribution in [-0.4, -0.2) is 47.6 Å². The monoisotopic (exact) mass is 240 g/mol. The van der Waals surface area contributed by atoms with Crippen molar-refractivity contribution in [3.63, 3.8) is 0 Å². The Morgan fingerprint density at radius 2 is 1.94 bits per heavy atom. The van der Waals surface area contributed by atoms with E-state index in [2.05, 4.69) is 5.32 Å². The third-order valence-corrected chi connectivity index (χ3v) is 3.17. The van der Waals surface area contributed by atoms with E-state index in [1.165, 1.54) is 12.8 Å². The predicted molar refractivity (Wildman–Crippen MR) is 62.6 cm³/mol. The first kappa shape index (κ1) is 12.4. The molecule has 96 valence electrons. The van der Waals surface area contributed by atoms with Gasteiger partial charge in [0.05, 0.1) is 6.54 Å². The minimum atomic E-state index is -0.812. The molecule has 0 heterocycles. The van der Waals surface area contributed by atoms with Gasteiger partial charge in [0.1, 0.15) is 0 Å². The van der Waals surface area contributed by atoms with Crippen LogP contribution in [0.5, 0.6) is 0 Å². The molecule has 0 bridgehead atoms. The van der Waals surface area contributed by atoms with Crippen LogP contribution in [0, 0.1) is 5.92 Å². The van der Waals surface area contributed by atoms with E-state index in [0.29, 0.717) is 24.9 Å². The van der Waals surface area contributed by atoms with E-state index in [9.17, 15) is 9.59 Å². The molecule has 0 aromatic rings. The fourth-order valence-electron chi connectivity index (χ4n) is 1.88. The summed E-state index contributed by atoms with van der Waals surface area (Å²) >= 11 is 0. The van der Waals surface area contributed by atoms with E-state index in [4.69, 9.17) is 5.11 Å². The summed E-state index contributed by atoms with van der Waals surface area (Å²) in [4.78, 5) is 24.1. The third-order valence-electron chi connectivity index (χ3n) is 3.17. The quantitative estimate of drug-likeness (QED) is 0.646. The molecule has 2 N–H and O–H groups in total. The number of carboxylic acid groups (broad SMARTS) is 1. The highest BCUT2D eigenvalue weighted by atomic mass is 16.4. The molecule has 0 radical (unpaired) electrons. The van der Waals surface area contributed by atoms with Crippen LogP contribution >= 0.6 is 0 Å². The van der Waals surface area contributed by atoms with Gasteiger partial charge in [-0.15, -0.1) is 0 Å². The molecule has 2 aliphatic carbocycles. The smallest absolute Gasteiger partial charge is 0.317 e. The van der Waals surface area contributed by atoms with Crippen LogP contribution in [0.15, 0.2) is 0 Å². The molecule has 0 saturated heterocycles. The Kier molecular flexibility index (Phi) is 3.99. The Labute approximate surface area is 101 Å². The maximum absolute atomic E-state index is 11.5. The molecule has 17 heavy (non-hydrogen) atoms. The number of carbonyl (C=O) groups is 2. The van der Waals surface area contributed by atoms with Gasteiger partial charge in [-0.1, -0.05) is 0 Å². The Hall–Kier alpha value is -1.10. The number of hydrogen-bond acceptors (Lipinski definition) is 3. The van der Waals surface area contributed by atoms with Crippen molar-refractivity contribution in [2.75, 3.05) is 19.6 Å². The molecule has 5 heteroatoms. The highest BCUT2D eigenvalue weighted by Gasteiger charge is 2.26. The topological polar surface area (TPSA) is 69.6 Å². The van der Waals surface area contributed by atoms with E-state index in [1.807, 2.05) is 4.90 Å². The Bertz CT molecular complexity index is 298. The lowest BCUT2D eigenvalue weighted by Gasteiger charge is -2.19. The van der Waals surface area contributed by atoms with Crippen LogP contribution in [0.25, 0.3) is 0 Å². The summed E-state index contributed by atoms with van der Waals surface area (Å²) in [7, 11) is 0. The molecule has 2 fully saturated rings. The fraction of sp³-hybridized carbons (Fsp3) is 0.833. The van der Waals surface area contributed by atoms with E-state index in [-0.39, 0.29) is 12.5 Å². The predicted octanol–water partition coefficient (Wildman–Crippen LogP) is 0.452. The highest BCUT2D eigenvalue weighted by molar-refractivity contribution is 5.76. The minimum absolute atomic E-state index is 0.0488. The summed E-state index contributed by atoms with van der Waals surface area (Å²) in [5, 5.41) is 11.7. The fourth-order valence-corrected chi connectivity index (χ4v) is 1.88. The average molecular weight is 240 g/mol. The second kappa shape index (κ2) is 5.49.